The van der Waals surface area contributed by atoms with Crippen molar-refractivity contribution < 1.29 is 19.2 Å². The third kappa shape index (κ3) is 6.92. The van der Waals surface area contributed by atoms with Crippen LogP contribution in [0.5, 0.6) is 0 Å². The van der Waals surface area contributed by atoms with E-state index in [9.17, 15) is 19.2 Å². The zero-order chi connectivity index (χ0) is 28.0. The van der Waals surface area contributed by atoms with Crippen LogP contribution >= 0.6 is 0 Å². The van der Waals surface area contributed by atoms with E-state index in [-0.39, 0.29) is 24.2 Å². The van der Waals surface area contributed by atoms with Crippen LogP contribution in [0.25, 0.3) is 10.9 Å². The van der Waals surface area contributed by atoms with E-state index in [0.717, 1.165) is 22.9 Å². The number of rotatable bonds is 12. The lowest BCUT2D eigenvalue weighted by Gasteiger charge is -2.30. The second-order valence-corrected chi connectivity index (χ2v) is 10.8. The number of hydrogen-bond donors (Lipinski definition) is 5. The molecule has 5 atom stereocenters. The summed E-state index contributed by atoms with van der Waals surface area (Å²) in [6, 6.07) is 4.45. The van der Waals surface area contributed by atoms with Crippen molar-refractivity contribution in [2.45, 2.75) is 84.0 Å². The van der Waals surface area contributed by atoms with Gasteiger partial charge in [-0.15, -0.1) is 0 Å². The van der Waals surface area contributed by atoms with E-state index in [1.54, 1.807) is 0 Å². The van der Waals surface area contributed by atoms with Crippen LogP contribution in [0.1, 0.15) is 58.9 Å². The fourth-order valence-electron chi connectivity index (χ4n) is 4.98. The predicted molar refractivity (Wildman–Crippen MR) is 147 cm³/mol. The summed E-state index contributed by atoms with van der Waals surface area (Å²) in [5, 5.41) is 6.55. The number of nitrogens with zero attached hydrogens (tertiary/aromatic N) is 1. The Morgan fingerprint density at radius 1 is 1.11 bits per heavy atom. The molecule has 1 aliphatic rings. The predicted octanol–water partition coefficient (Wildman–Crippen LogP) is 1.58. The number of primary amides is 1. The summed E-state index contributed by atoms with van der Waals surface area (Å²) < 4.78 is 0. The zero-order valence-electron chi connectivity index (χ0n) is 22.8. The van der Waals surface area contributed by atoms with Gasteiger partial charge in [-0.1, -0.05) is 52.3 Å². The molecule has 0 bridgehead atoms. The maximum Gasteiger partial charge on any atom is 0.243 e. The van der Waals surface area contributed by atoms with Crippen molar-refractivity contribution in [2.24, 2.45) is 23.3 Å². The highest BCUT2D eigenvalue weighted by Crippen LogP contribution is 2.22. The van der Waals surface area contributed by atoms with Gasteiger partial charge in [-0.25, -0.2) is 0 Å². The summed E-state index contributed by atoms with van der Waals surface area (Å²) in [4.78, 5) is 56.8. The Morgan fingerprint density at radius 3 is 2.47 bits per heavy atom. The van der Waals surface area contributed by atoms with Crippen molar-refractivity contribution in [1.82, 2.24) is 20.5 Å². The smallest absolute Gasteiger partial charge is 0.243 e. The maximum absolute atomic E-state index is 13.5. The van der Waals surface area contributed by atoms with Gasteiger partial charge in [0.15, 0.2) is 0 Å². The van der Waals surface area contributed by atoms with Gasteiger partial charge in [0.2, 0.25) is 23.6 Å². The molecule has 0 radical (unpaired) electrons. The van der Waals surface area contributed by atoms with Crippen LogP contribution in [-0.4, -0.2) is 64.2 Å². The molecule has 4 amide bonds. The second kappa shape index (κ2) is 12.9. The van der Waals surface area contributed by atoms with E-state index in [2.05, 4.69) is 15.6 Å². The standard InChI is InChI=1S/C28H42N6O4/c1-5-17(4)24(29)28(38)34-12-8-11-23(34)27(37)33-22(26(36)32-21(25(30)35)13-16(2)3)14-18-15-31-20-10-7-6-9-19(18)20/h6-7,9-10,15-17,21-24,31H,5,8,11-14,29H2,1-4H3,(H2,30,35)(H,32,36)(H,33,37). The Labute approximate surface area is 224 Å². The third-order valence-corrected chi connectivity index (χ3v) is 7.48. The summed E-state index contributed by atoms with van der Waals surface area (Å²) in [6.07, 6.45) is 4.31. The van der Waals surface area contributed by atoms with Crippen LogP contribution in [0.15, 0.2) is 30.5 Å². The van der Waals surface area contributed by atoms with Crippen molar-refractivity contribution in [3.8, 4) is 0 Å². The molecule has 38 heavy (non-hydrogen) atoms. The summed E-state index contributed by atoms with van der Waals surface area (Å²) in [5.41, 5.74) is 13.5. The number of H-pyrrole nitrogens is 1. The second-order valence-electron chi connectivity index (χ2n) is 10.8. The van der Waals surface area contributed by atoms with Crippen molar-refractivity contribution in [3.63, 3.8) is 0 Å². The van der Waals surface area contributed by atoms with E-state index in [1.807, 2.05) is 58.2 Å². The minimum atomic E-state index is -0.975. The Kier molecular flexibility index (Phi) is 9.90. The first-order valence-electron chi connectivity index (χ1n) is 13.5. The van der Waals surface area contributed by atoms with Gasteiger partial charge in [-0.3, -0.25) is 19.2 Å². The fraction of sp³-hybridized carbons (Fsp3) is 0.571. The first-order chi connectivity index (χ1) is 18.0. The number of carbonyl (C=O) groups is 4. The Bertz CT molecular complexity index is 1150. The number of carbonyl (C=O) groups excluding carboxylic acids is 4. The average molecular weight is 527 g/mol. The van der Waals surface area contributed by atoms with Gasteiger partial charge in [0.1, 0.15) is 18.1 Å². The highest BCUT2D eigenvalue weighted by Gasteiger charge is 2.39. The number of hydrogen-bond acceptors (Lipinski definition) is 5. The van der Waals surface area contributed by atoms with Crippen LogP contribution in [0.4, 0.5) is 0 Å². The van der Waals surface area contributed by atoms with E-state index >= 15 is 0 Å². The summed E-state index contributed by atoms with van der Waals surface area (Å²) in [6.45, 7) is 8.20. The van der Waals surface area contributed by atoms with Gasteiger partial charge in [0.05, 0.1) is 6.04 Å². The molecule has 2 aromatic rings. The van der Waals surface area contributed by atoms with Gasteiger partial charge >= 0.3 is 0 Å². The minimum Gasteiger partial charge on any atom is -0.368 e. The molecule has 1 fully saturated rings. The molecule has 1 aromatic heterocycles. The van der Waals surface area contributed by atoms with Crippen molar-refractivity contribution in [1.29, 1.82) is 0 Å². The number of aromatic amines is 1. The van der Waals surface area contributed by atoms with Gasteiger partial charge in [-0.05, 0) is 42.7 Å². The number of aromatic nitrogens is 1. The first kappa shape index (κ1) is 29.2. The molecule has 1 saturated heterocycles. The van der Waals surface area contributed by atoms with Crippen LogP contribution in [-0.2, 0) is 25.6 Å². The van der Waals surface area contributed by atoms with Crippen LogP contribution < -0.4 is 22.1 Å². The van der Waals surface area contributed by atoms with Gasteiger partial charge < -0.3 is 32.0 Å². The minimum absolute atomic E-state index is 0.0149. The largest absolute Gasteiger partial charge is 0.368 e. The molecule has 10 nitrogen and oxygen atoms in total. The molecule has 7 N–H and O–H groups in total. The monoisotopic (exact) mass is 526 g/mol. The van der Waals surface area contributed by atoms with E-state index < -0.39 is 41.9 Å². The zero-order valence-corrected chi connectivity index (χ0v) is 22.8. The molecule has 5 unspecified atom stereocenters. The fourth-order valence-corrected chi connectivity index (χ4v) is 4.98. The lowest BCUT2D eigenvalue weighted by Crippen LogP contribution is -2.58. The third-order valence-electron chi connectivity index (χ3n) is 7.48. The lowest BCUT2D eigenvalue weighted by molar-refractivity contribution is -0.141. The molecule has 208 valence electrons. The van der Waals surface area contributed by atoms with Gasteiger partial charge in [0, 0.05) is 30.1 Å². The molecule has 1 aromatic carbocycles. The number of fused-ring (bicyclic) bond motifs is 1. The topological polar surface area (TPSA) is 163 Å². The highest BCUT2D eigenvalue weighted by molar-refractivity contribution is 5.95. The van der Waals surface area contributed by atoms with Gasteiger partial charge in [0.25, 0.3) is 0 Å². The van der Waals surface area contributed by atoms with Crippen molar-refractivity contribution in [3.05, 3.63) is 36.0 Å². The van der Waals surface area contributed by atoms with Gasteiger partial charge in [-0.2, -0.15) is 0 Å². The SMILES string of the molecule is CCC(C)C(N)C(=O)N1CCCC1C(=O)NC(Cc1c[nH]c2ccccc12)C(=O)NC(CC(C)C)C(N)=O. The normalized spacial score (nSPS) is 18.7. The quantitative estimate of drug-likeness (QED) is 0.283. The maximum atomic E-state index is 13.5. The molecule has 3 rings (SSSR count). The molecule has 10 heteroatoms. The first-order valence-corrected chi connectivity index (χ1v) is 13.5. The number of likely N-dealkylation sites (tertiary alicyclic amines) is 1. The Morgan fingerprint density at radius 2 is 1.82 bits per heavy atom. The molecule has 1 aliphatic heterocycles. The lowest BCUT2D eigenvalue weighted by atomic mass is 9.98. The van der Waals surface area contributed by atoms with E-state index in [1.165, 1.54) is 4.90 Å². The summed E-state index contributed by atoms with van der Waals surface area (Å²) in [7, 11) is 0. The Balaban J connectivity index is 1.83. The molecule has 0 saturated carbocycles. The van der Waals surface area contributed by atoms with Crippen molar-refractivity contribution in [2.75, 3.05) is 6.54 Å². The summed E-state index contributed by atoms with van der Waals surface area (Å²) in [5.74, 6) is -1.68. The van der Waals surface area contributed by atoms with Crippen LogP contribution in [0.3, 0.4) is 0 Å². The number of nitrogens with two attached hydrogens (primary N) is 2. The Hall–Kier alpha value is -3.40. The van der Waals surface area contributed by atoms with E-state index in [4.69, 9.17) is 11.5 Å². The molecule has 0 aliphatic carbocycles. The average Bonchev–Trinajstić information content (AvgIpc) is 3.54. The molecule has 2 heterocycles. The number of nitrogens with one attached hydrogen (secondary N) is 3. The summed E-state index contributed by atoms with van der Waals surface area (Å²) >= 11 is 0. The van der Waals surface area contributed by atoms with Crippen LogP contribution in [0.2, 0.25) is 0 Å². The molecule has 0 spiro atoms. The van der Waals surface area contributed by atoms with Crippen molar-refractivity contribution >= 4 is 34.5 Å². The molecular formula is C28H42N6O4. The molecular weight excluding hydrogens is 484 g/mol. The number of amides is 4. The highest BCUT2D eigenvalue weighted by atomic mass is 16.2. The number of benzene rings is 1. The number of para-hydroxylation sites is 1. The van der Waals surface area contributed by atoms with Crippen LogP contribution in [0, 0.1) is 11.8 Å². The van der Waals surface area contributed by atoms with E-state index in [0.29, 0.717) is 25.8 Å².